The normalized spacial score (nSPS) is 14.4. The molecule has 1 fully saturated rings. The highest BCUT2D eigenvalue weighted by Crippen LogP contribution is 2.33. The minimum absolute atomic E-state index is 0.00457. The molecule has 0 spiro atoms. The SMILES string of the molecule is CCCn1c(-c2ccc(C)cc2)cc(C(=O)NCCN2CCN(c3cccc(Cl)c3Cl)CC2)c1C. The third-order valence-electron chi connectivity index (χ3n) is 6.76. The van der Waals surface area contributed by atoms with Crippen LogP contribution >= 0.6 is 23.2 Å². The third-order valence-corrected chi connectivity index (χ3v) is 7.57. The van der Waals surface area contributed by atoms with Gasteiger partial charge >= 0.3 is 0 Å². The van der Waals surface area contributed by atoms with Crippen LogP contribution in [0.5, 0.6) is 0 Å². The number of piperazine rings is 1. The van der Waals surface area contributed by atoms with Crippen molar-refractivity contribution in [1.82, 2.24) is 14.8 Å². The zero-order chi connectivity index (χ0) is 24.9. The van der Waals surface area contributed by atoms with Gasteiger partial charge in [-0.1, -0.05) is 66.0 Å². The molecule has 1 aliphatic heterocycles. The maximum absolute atomic E-state index is 13.1. The summed E-state index contributed by atoms with van der Waals surface area (Å²) in [5.74, 6) is -0.00457. The molecule has 0 bridgehead atoms. The highest BCUT2D eigenvalue weighted by molar-refractivity contribution is 6.43. The van der Waals surface area contributed by atoms with Crippen LogP contribution in [0.3, 0.4) is 0 Å². The monoisotopic (exact) mass is 512 g/mol. The van der Waals surface area contributed by atoms with Gasteiger partial charge in [-0.2, -0.15) is 0 Å². The molecule has 7 heteroatoms. The van der Waals surface area contributed by atoms with Crippen molar-refractivity contribution in [3.8, 4) is 11.3 Å². The number of hydrogen-bond donors (Lipinski definition) is 1. The Kier molecular flexibility index (Phi) is 8.42. The van der Waals surface area contributed by atoms with E-state index >= 15 is 0 Å². The van der Waals surface area contributed by atoms with Crippen molar-refractivity contribution in [2.24, 2.45) is 0 Å². The minimum atomic E-state index is -0.00457. The predicted octanol–water partition coefficient (Wildman–Crippen LogP) is 6.04. The molecule has 5 nitrogen and oxygen atoms in total. The molecule has 1 N–H and O–H groups in total. The van der Waals surface area contributed by atoms with Gasteiger partial charge < -0.3 is 14.8 Å². The number of anilines is 1. The summed E-state index contributed by atoms with van der Waals surface area (Å²) in [7, 11) is 0. The van der Waals surface area contributed by atoms with E-state index in [1.165, 1.54) is 5.56 Å². The van der Waals surface area contributed by atoms with E-state index in [2.05, 4.69) is 57.8 Å². The number of aromatic nitrogens is 1. The van der Waals surface area contributed by atoms with Crippen LogP contribution in [0, 0.1) is 13.8 Å². The molecule has 186 valence electrons. The molecule has 1 aromatic heterocycles. The molecule has 0 atom stereocenters. The van der Waals surface area contributed by atoms with Crippen LogP contribution in [0.4, 0.5) is 5.69 Å². The van der Waals surface area contributed by atoms with Crippen LogP contribution in [-0.4, -0.2) is 54.6 Å². The van der Waals surface area contributed by atoms with Crippen LogP contribution in [0.25, 0.3) is 11.3 Å². The van der Waals surface area contributed by atoms with Gasteiger partial charge in [0, 0.05) is 57.2 Å². The Labute approximate surface area is 218 Å². The van der Waals surface area contributed by atoms with Gasteiger partial charge in [-0.05, 0) is 44.0 Å². The molecule has 0 radical (unpaired) electrons. The molecule has 1 saturated heterocycles. The van der Waals surface area contributed by atoms with Crippen LogP contribution in [-0.2, 0) is 6.54 Å². The second-order valence-electron chi connectivity index (χ2n) is 9.20. The first-order valence-corrected chi connectivity index (χ1v) is 13.1. The molecule has 1 amide bonds. The number of hydrogen-bond acceptors (Lipinski definition) is 3. The Bertz CT molecular complexity index is 1160. The van der Waals surface area contributed by atoms with Crippen molar-refractivity contribution in [2.45, 2.75) is 33.7 Å². The summed E-state index contributed by atoms with van der Waals surface area (Å²) in [4.78, 5) is 17.7. The van der Waals surface area contributed by atoms with E-state index in [9.17, 15) is 4.79 Å². The fourth-order valence-corrected chi connectivity index (χ4v) is 5.14. The van der Waals surface area contributed by atoms with Gasteiger partial charge in [0.1, 0.15) is 0 Å². The zero-order valence-electron chi connectivity index (χ0n) is 20.8. The number of rotatable bonds is 8. The van der Waals surface area contributed by atoms with E-state index < -0.39 is 0 Å². The van der Waals surface area contributed by atoms with Crippen molar-refractivity contribution in [3.05, 3.63) is 75.4 Å². The van der Waals surface area contributed by atoms with Gasteiger partial charge in [0.05, 0.1) is 21.3 Å². The molecule has 2 heterocycles. The van der Waals surface area contributed by atoms with Crippen LogP contribution in [0.1, 0.15) is 35.0 Å². The molecule has 35 heavy (non-hydrogen) atoms. The van der Waals surface area contributed by atoms with E-state index in [1.807, 2.05) is 31.2 Å². The molecule has 2 aromatic carbocycles. The number of nitrogens with zero attached hydrogens (tertiary/aromatic N) is 3. The Morgan fingerprint density at radius 2 is 1.69 bits per heavy atom. The van der Waals surface area contributed by atoms with Crippen molar-refractivity contribution in [2.75, 3.05) is 44.2 Å². The Balaban J connectivity index is 1.34. The van der Waals surface area contributed by atoms with E-state index in [-0.39, 0.29) is 5.91 Å². The summed E-state index contributed by atoms with van der Waals surface area (Å²) in [5.41, 5.74) is 6.24. The van der Waals surface area contributed by atoms with E-state index in [4.69, 9.17) is 23.2 Å². The summed E-state index contributed by atoms with van der Waals surface area (Å²) in [6.45, 7) is 12.2. The summed E-state index contributed by atoms with van der Waals surface area (Å²) in [6.07, 6.45) is 1.02. The molecule has 0 saturated carbocycles. The minimum Gasteiger partial charge on any atom is -0.368 e. The highest BCUT2D eigenvalue weighted by atomic mass is 35.5. The lowest BCUT2D eigenvalue weighted by Crippen LogP contribution is -2.48. The largest absolute Gasteiger partial charge is 0.368 e. The highest BCUT2D eigenvalue weighted by Gasteiger charge is 2.21. The lowest BCUT2D eigenvalue weighted by Gasteiger charge is -2.36. The summed E-state index contributed by atoms with van der Waals surface area (Å²) >= 11 is 12.6. The number of halogens is 2. The number of nitrogens with one attached hydrogen (secondary N) is 1. The Hall–Kier alpha value is -2.47. The fourth-order valence-electron chi connectivity index (χ4n) is 4.72. The van der Waals surface area contributed by atoms with Crippen molar-refractivity contribution in [1.29, 1.82) is 0 Å². The lowest BCUT2D eigenvalue weighted by molar-refractivity contribution is 0.0947. The Morgan fingerprint density at radius 3 is 2.37 bits per heavy atom. The van der Waals surface area contributed by atoms with Crippen molar-refractivity contribution in [3.63, 3.8) is 0 Å². The average molecular weight is 514 g/mol. The number of carbonyl (C=O) groups is 1. The average Bonchev–Trinajstić information content (AvgIpc) is 3.18. The van der Waals surface area contributed by atoms with E-state index in [0.29, 0.717) is 16.6 Å². The quantitative estimate of drug-likeness (QED) is 0.399. The molecular formula is C28H34Cl2N4O. The van der Waals surface area contributed by atoms with Gasteiger partial charge in [-0.3, -0.25) is 9.69 Å². The number of benzene rings is 2. The van der Waals surface area contributed by atoms with Crippen molar-refractivity contribution < 1.29 is 4.79 Å². The maximum Gasteiger partial charge on any atom is 0.253 e. The van der Waals surface area contributed by atoms with Gasteiger partial charge in [-0.15, -0.1) is 0 Å². The standard InChI is InChI=1S/C28H34Cl2N4O/c1-4-13-34-21(3)23(19-26(34)22-10-8-20(2)9-11-22)28(35)31-12-14-32-15-17-33(18-16-32)25-7-5-6-24(29)27(25)30/h5-11,19H,4,12-18H2,1-3H3,(H,31,35). The fraction of sp³-hybridized carbons (Fsp3) is 0.393. The molecule has 3 aromatic rings. The summed E-state index contributed by atoms with van der Waals surface area (Å²) in [5, 5.41) is 4.35. The molecule has 0 unspecified atom stereocenters. The summed E-state index contributed by atoms with van der Waals surface area (Å²) in [6, 6.07) is 16.3. The first kappa shape index (κ1) is 25.6. The summed E-state index contributed by atoms with van der Waals surface area (Å²) < 4.78 is 2.26. The second-order valence-corrected chi connectivity index (χ2v) is 9.99. The molecular weight excluding hydrogens is 479 g/mol. The zero-order valence-corrected chi connectivity index (χ0v) is 22.3. The van der Waals surface area contributed by atoms with E-state index in [0.717, 1.165) is 73.9 Å². The van der Waals surface area contributed by atoms with Crippen LogP contribution < -0.4 is 10.2 Å². The molecule has 0 aliphatic carbocycles. The van der Waals surface area contributed by atoms with E-state index in [1.54, 1.807) is 0 Å². The lowest BCUT2D eigenvalue weighted by atomic mass is 10.1. The van der Waals surface area contributed by atoms with Gasteiger partial charge in [0.2, 0.25) is 0 Å². The third kappa shape index (κ3) is 5.85. The second kappa shape index (κ2) is 11.5. The van der Waals surface area contributed by atoms with Crippen LogP contribution in [0.2, 0.25) is 10.0 Å². The number of amides is 1. The van der Waals surface area contributed by atoms with Gasteiger partial charge in [0.15, 0.2) is 0 Å². The smallest absolute Gasteiger partial charge is 0.253 e. The number of carbonyl (C=O) groups excluding carboxylic acids is 1. The maximum atomic E-state index is 13.1. The Morgan fingerprint density at radius 1 is 0.971 bits per heavy atom. The predicted molar refractivity (Wildman–Crippen MR) is 147 cm³/mol. The first-order valence-electron chi connectivity index (χ1n) is 12.4. The van der Waals surface area contributed by atoms with Gasteiger partial charge in [0.25, 0.3) is 5.91 Å². The molecule has 4 rings (SSSR count). The topological polar surface area (TPSA) is 40.5 Å². The van der Waals surface area contributed by atoms with Gasteiger partial charge in [-0.25, -0.2) is 0 Å². The van der Waals surface area contributed by atoms with Crippen LogP contribution in [0.15, 0.2) is 48.5 Å². The number of aryl methyl sites for hydroxylation is 1. The van der Waals surface area contributed by atoms with Crippen molar-refractivity contribution >= 4 is 34.8 Å². The molecule has 1 aliphatic rings. The first-order chi connectivity index (χ1) is 16.9.